The van der Waals surface area contributed by atoms with Crippen LogP contribution in [0, 0.1) is 5.82 Å². The van der Waals surface area contributed by atoms with E-state index in [4.69, 9.17) is 0 Å². The summed E-state index contributed by atoms with van der Waals surface area (Å²) in [5.41, 5.74) is 2.68. The fourth-order valence-electron chi connectivity index (χ4n) is 2.20. The lowest BCUT2D eigenvalue weighted by molar-refractivity contribution is 0.219. The van der Waals surface area contributed by atoms with E-state index < -0.39 is 6.10 Å². The molecule has 0 aliphatic heterocycles. The van der Waals surface area contributed by atoms with Crippen LogP contribution in [0.2, 0.25) is 0 Å². The van der Waals surface area contributed by atoms with E-state index in [2.05, 4.69) is 36.7 Å². The van der Waals surface area contributed by atoms with Gasteiger partial charge >= 0.3 is 0 Å². The molecule has 0 fully saturated rings. The van der Waals surface area contributed by atoms with Crippen LogP contribution in [0.4, 0.5) is 4.39 Å². The van der Waals surface area contributed by atoms with Gasteiger partial charge in [0.2, 0.25) is 0 Å². The van der Waals surface area contributed by atoms with Gasteiger partial charge in [0.1, 0.15) is 11.9 Å². The maximum absolute atomic E-state index is 13.6. The van der Waals surface area contributed by atoms with Gasteiger partial charge < -0.3 is 5.11 Å². The smallest absolute Gasteiger partial charge is 0.137 e. The van der Waals surface area contributed by atoms with Crippen molar-refractivity contribution in [2.45, 2.75) is 38.7 Å². The van der Waals surface area contributed by atoms with Gasteiger partial charge in [-0.1, -0.05) is 51.1 Å². The van der Waals surface area contributed by atoms with Gasteiger partial charge in [-0.25, -0.2) is 4.39 Å². The number of rotatable bonds is 4. The highest BCUT2D eigenvalue weighted by Crippen LogP contribution is 2.30. The van der Waals surface area contributed by atoms with Crippen LogP contribution in [-0.2, 0) is 5.41 Å². The number of aliphatic hydroxyl groups excluding tert-OH is 1. The van der Waals surface area contributed by atoms with Crippen LogP contribution in [0.1, 0.15) is 50.0 Å². The molecule has 1 unspecified atom stereocenters. The predicted octanol–water partition coefficient (Wildman–Crippen LogP) is 5.36. The molecule has 2 rings (SSSR count). The third-order valence-corrected chi connectivity index (χ3v) is 4.79. The molecule has 2 aromatic rings. The molecule has 0 aliphatic carbocycles. The lowest BCUT2D eigenvalue weighted by Crippen LogP contribution is -2.15. The van der Waals surface area contributed by atoms with Gasteiger partial charge in [-0.2, -0.15) is 0 Å². The molecule has 0 aromatic heterocycles. The van der Waals surface area contributed by atoms with Gasteiger partial charge in [0.25, 0.3) is 0 Å². The fraction of sp³-hybridized carbons (Fsp3) is 0.333. The molecule has 0 heterocycles. The maximum Gasteiger partial charge on any atom is 0.137 e. The summed E-state index contributed by atoms with van der Waals surface area (Å²) in [7, 11) is 0. The van der Waals surface area contributed by atoms with Crippen LogP contribution in [-0.4, -0.2) is 5.11 Å². The van der Waals surface area contributed by atoms with Crippen LogP contribution in [0.25, 0.3) is 0 Å². The fourth-order valence-corrected chi connectivity index (χ4v) is 2.44. The Kier molecular flexibility index (Phi) is 4.84. The van der Waals surface area contributed by atoms with Gasteiger partial charge in [0.05, 0.1) is 4.47 Å². The monoisotopic (exact) mass is 350 g/mol. The van der Waals surface area contributed by atoms with Crippen molar-refractivity contribution in [1.29, 1.82) is 0 Å². The molecule has 0 saturated heterocycles. The van der Waals surface area contributed by atoms with E-state index in [0.29, 0.717) is 10.0 Å². The van der Waals surface area contributed by atoms with E-state index >= 15 is 0 Å². The van der Waals surface area contributed by atoms with E-state index in [1.807, 2.05) is 24.3 Å². The van der Waals surface area contributed by atoms with E-state index in [1.165, 1.54) is 11.6 Å². The number of aliphatic hydroxyl groups is 1. The Bertz CT molecular complexity index is 620. The maximum atomic E-state index is 13.6. The summed E-state index contributed by atoms with van der Waals surface area (Å²) in [5.74, 6) is -0.365. The highest BCUT2D eigenvalue weighted by Gasteiger charge is 2.19. The molecule has 0 saturated carbocycles. The minimum atomic E-state index is -0.814. The minimum absolute atomic E-state index is 0.118. The Morgan fingerprint density at radius 1 is 1.10 bits per heavy atom. The summed E-state index contributed by atoms with van der Waals surface area (Å²) >= 11 is 3.12. The molecule has 0 amide bonds. The summed E-state index contributed by atoms with van der Waals surface area (Å²) in [4.78, 5) is 0. The third-order valence-electron chi connectivity index (χ3n) is 4.15. The molecule has 1 nitrogen and oxygen atoms in total. The molecular formula is C18H20BrFO. The standard InChI is InChI=1S/C18H20BrFO/c1-4-18(2,3)14-8-5-12(6-9-14)17(21)13-7-10-15(19)16(20)11-13/h5-11,17,21H,4H2,1-3H3. The SMILES string of the molecule is CCC(C)(C)c1ccc(C(O)c2ccc(Br)c(F)c2)cc1. The molecule has 0 radical (unpaired) electrons. The summed E-state index contributed by atoms with van der Waals surface area (Å²) < 4.78 is 14.0. The van der Waals surface area contributed by atoms with Crippen LogP contribution >= 0.6 is 15.9 Å². The molecule has 1 atom stereocenters. The first-order chi connectivity index (χ1) is 9.85. The summed E-state index contributed by atoms with van der Waals surface area (Å²) in [6.07, 6.45) is 0.235. The second-order valence-corrected chi connectivity index (χ2v) is 6.79. The van der Waals surface area contributed by atoms with Gasteiger partial charge in [-0.05, 0) is 56.6 Å². The lowest BCUT2D eigenvalue weighted by Gasteiger charge is -2.24. The molecule has 0 aliphatic rings. The van der Waals surface area contributed by atoms with Crippen molar-refractivity contribution in [3.8, 4) is 0 Å². The topological polar surface area (TPSA) is 20.2 Å². The Morgan fingerprint density at radius 2 is 1.67 bits per heavy atom. The molecule has 112 valence electrons. The van der Waals surface area contributed by atoms with Crippen LogP contribution < -0.4 is 0 Å². The molecule has 0 bridgehead atoms. The Labute approximate surface area is 134 Å². The Hall–Kier alpha value is -1.19. The van der Waals surface area contributed by atoms with Crippen molar-refractivity contribution < 1.29 is 9.50 Å². The zero-order chi connectivity index (χ0) is 15.6. The average Bonchev–Trinajstić information content (AvgIpc) is 2.49. The zero-order valence-electron chi connectivity index (χ0n) is 12.5. The molecule has 21 heavy (non-hydrogen) atoms. The second-order valence-electron chi connectivity index (χ2n) is 5.94. The molecular weight excluding hydrogens is 331 g/mol. The van der Waals surface area contributed by atoms with E-state index in [9.17, 15) is 9.50 Å². The van der Waals surface area contributed by atoms with Crippen LogP contribution in [0.5, 0.6) is 0 Å². The highest BCUT2D eigenvalue weighted by molar-refractivity contribution is 9.10. The molecule has 3 heteroatoms. The third kappa shape index (κ3) is 3.53. The van der Waals surface area contributed by atoms with Crippen LogP contribution in [0.3, 0.4) is 0 Å². The van der Waals surface area contributed by atoms with Crippen molar-refractivity contribution in [2.75, 3.05) is 0 Å². The number of hydrogen-bond donors (Lipinski definition) is 1. The largest absolute Gasteiger partial charge is 0.384 e. The normalized spacial score (nSPS) is 13.2. The minimum Gasteiger partial charge on any atom is -0.384 e. The van der Waals surface area contributed by atoms with Crippen LogP contribution in [0.15, 0.2) is 46.9 Å². The molecule has 2 aromatic carbocycles. The summed E-state index contributed by atoms with van der Waals surface area (Å²) in [6.45, 7) is 6.55. The molecule has 0 spiro atoms. The molecule has 1 N–H and O–H groups in total. The van der Waals surface area contributed by atoms with Gasteiger partial charge in [-0.3, -0.25) is 0 Å². The number of hydrogen-bond acceptors (Lipinski definition) is 1. The first kappa shape index (κ1) is 16.2. The zero-order valence-corrected chi connectivity index (χ0v) is 14.1. The lowest BCUT2D eigenvalue weighted by atomic mass is 9.82. The summed E-state index contributed by atoms with van der Waals surface area (Å²) in [5, 5.41) is 10.4. The van der Waals surface area contributed by atoms with Crippen molar-refractivity contribution >= 4 is 15.9 Å². The first-order valence-corrected chi connectivity index (χ1v) is 7.88. The first-order valence-electron chi connectivity index (χ1n) is 7.08. The predicted molar refractivity (Wildman–Crippen MR) is 87.9 cm³/mol. The Morgan fingerprint density at radius 3 is 2.19 bits per heavy atom. The van der Waals surface area contributed by atoms with E-state index in [0.717, 1.165) is 12.0 Å². The Balaban J connectivity index is 2.27. The van der Waals surface area contributed by atoms with Gasteiger partial charge in [-0.15, -0.1) is 0 Å². The number of halogens is 2. The van der Waals surface area contributed by atoms with E-state index in [1.54, 1.807) is 12.1 Å². The van der Waals surface area contributed by atoms with Crippen molar-refractivity contribution in [3.05, 3.63) is 69.4 Å². The van der Waals surface area contributed by atoms with E-state index in [-0.39, 0.29) is 11.2 Å². The van der Waals surface area contributed by atoms with Gasteiger partial charge in [0, 0.05) is 0 Å². The summed E-state index contributed by atoms with van der Waals surface area (Å²) in [6, 6.07) is 12.6. The van der Waals surface area contributed by atoms with Crippen molar-refractivity contribution in [2.24, 2.45) is 0 Å². The van der Waals surface area contributed by atoms with Crippen molar-refractivity contribution in [3.63, 3.8) is 0 Å². The highest BCUT2D eigenvalue weighted by atomic mass is 79.9. The van der Waals surface area contributed by atoms with Crippen molar-refractivity contribution in [1.82, 2.24) is 0 Å². The second kappa shape index (κ2) is 6.29. The quantitative estimate of drug-likeness (QED) is 0.786. The average molecular weight is 351 g/mol. The number of benzene rings is 2. The van der Waals surface area contributed by atoms with Gasteiger partial charge in [0.15, 0.2) is 0 Å².